The van der Waals surface area contributed by atoms with Crippen LogP contribution < -0.4 is 0 Å². The number of hydrogen-bond donors (Lipinski definition) is 0. The van der Waals surface area contributed by atoms with Gasteiger partial charge >= 0.3 is 0 Å². The van der Waals surface area contributed by atoms with Crippen LogP contribution in [0.15, 0.2) is 24.3 Å². The lowest BCUT2D eigenvalue weighted by Gasteiger charge is -2.40. The molecule has 1 saturated heterocycles. The van der Waals surface area contributed by atoms with Crippen molar-refractivity contribution in [2.45, 2.75) is 38.6 Å². The molecule has 2 aliphatic rings. The van der Waals surface area contributed by atoms with Gasteiger partial charge in [-0.25, -0.2) is 0 Å². The molecule has 0 radical (unpaired) electrons. The van der Waals surface area contributed by atoms with Crippen LogP contribution in [-0.4, -0.2) is 42.3 Å². The van der Waals surface area contributed by atoms with Crippen molar-refractivity contribution in [1.29, 1.82) is 0 Å². The van der Waals surface area contributed by atoms with Gasteiger partial charge in [-0.1, -0.05) is 29.8 Å². The largest absolute Gasteiger partial charge is 0.345 e. The van der Waals surface area contributed by atoms with Crippen LogP contribution in [-0.2, 0) is 9.59 Å². The van der Waals surface area contributed by atoms with E-state index in [4.69, 9.17) is 0 Å². The summed E-state index contributed by atoms with van der Waals surface area (Å²) in [4.78, 5) is 28.8. The van der Waals surface area contributed by atoms with E-state index in [1.165, 1.54) is 18.4 Å². The maximum absolute atomic E-state index is 13.0. The fourth-order valence-electron chi connectivity index (χ4n) is 3.58. The molecule has 2 amide bonds. The third-order valence-corrected chi connectivity index (χ3v) is 5.20. The molecule has 3 rings (SSSR count). The fraction of sp³-hybridized carbons (Fsp3) is 0.579. The normalized spacial score (nSPS) is 24.7. The molecule has 0 bridgehead atoms. The Bertz CT molecular complexity index is 592. The zero-order valence-corrected chi connectivity index (χ0v) is 14.3. The number of rotatable bonds is 4. The number of carbonyl (C=O) groups is 2. The fourth-order valence-corrected chi connectivity index (χ4v) is 3.58. The van der Waals surface area contributed by atoms with Crippen molar-refractivity contribution in [2.75, 3.05) is 20.6 Å². The molecule has 1 aliphatic heterocycles. The SMILES string of the molecule is Cc1ccc(C2C(C(=O)N(C)CC3CC3)CCC(=O)N2C)cc1. The monoisotopic (exact) mass is 314 g/mol. The van der Waals surface area contributed by atoms with Crippen molar-refractivity contribution in [3.8, 4) is 0 Å². The lowest BCUT2D eigenvalue weighted by Crippen LogP contribution is -2.47. The number of amides is 2. The highest BCUT2D eigenvalue weighted by molar-refractivity contribution is 5.84. The topological polar surface area (TPSA) is 40.6 Å². The van der Waals surface area contributed by atoms with Gasteiger partial charge in [-0.05, 0) is 37.7 Å². The summed E-state index contributed by atoms with van der Waals surface area (Å²) in [6.07, 6.45) is 3.59. The van der Waals surface area contributed by atoms with E-state index < -0.39 is 0 Å². The summed E-state index contributed by atoms with van der Waals surface area (Å²) in [5.41, 5.74) is 2.25. The summed E-state index contributed by atoms with van der Waals surface area (Å²) in [6, 6.07) is 8.06. The number of likely N-dealkylation sites (tertiary alicyclic amines) is 1. The summed E-state index contributed by atoms with van der Waals surface area (Å²) in [5, 5.41) is 0. The highest BCUT2D eigenvalue weighted by Gasteiger charge is 2.40. The van der Waals surface area contributed by atoms with E-state index in [2.05, 4.69) is 24.3 Å². The minimum Gasteiger partial charge on any atom is -0.345 e. The number of hydrogen-bond acceptors (Lipinski definition) is 2. The van der Waals surface area contributed by atoms with E-state index in [1.807, 2.05) is 25.9 Å². The highest BCUT2D eigenvalue weighted by atomic mass is 16.2. The first-order valence-corrected chi connectivity index (χ1v) is 8.54. The van der Waals surface area contributed by atoms with Gasteiger partial charge < -0.3 is 9.80 Å². The van der Waals surface area contributed by atoms with Crippen LogP contribution in [0.2, 0.25) is 0 Å². The average Bonchev–Trinajstić information content (AvgIpc) is 3.34. The summed E-state index contributed by atoms with van der Waals surface area (Å²) >= 11 is 0. The number of nitrogens with zero attached hydrogens (tertiary/aromatic N) is 2. The lowest BCUT2D eigenvalue weighted by molar-refractivity contribution is -0.146. The van der Waals surface area contributed by atoms with Gasteiger partial charge in [0.25, 0.3) is 0 Å². The van der Waals surface area contributed by atoms with Crippen molar-refractivity contribution in [2.24, 2.45) is 11.8 Å². The van der Waals surface area contributed by atoms with E-state index in [9.17, 15) is 9.59 Å². The van der Waals surface area contributed by atoms with E-state index in [0.29, 0.717) is 18.8 Å². The van der Waals surface area contributed by atoms with Gasteiger partial charge in [0.05, 0.1) is 12.0 Å². The van der Waals surface area contributed by atoms with Crippen LogP contribution in [0.3, 0.4) is 0 Å². The Kier molecular flexibility index (Phi) is 4.42. The molecule has 4 heteroatoms. The number of aryl methyl sites for hydroxylation is 1. The first-order chi connectivity index (χ1) is 11.0. The molecule has 124 valence electrons. The molecule has 23 heavy (non-hydrogen) atoms. The van der Waals surface area contributed by atoms with Crippen molar-refractivity contribution in [3.05, 3.63) is 35.4 Å². The first kappa shape index (κ1) is 16.0. The summed E-state index contributed by atoms with van der Waals surface area (Å²) in [5.74, 6) is 0.861. The molecule has 4 nitrogen and oxygen atoms in total. The molecule has 0 N–H and O–H groups in total. The maximum atomic E-state index is 13.0. The van der Waals surface area contributed by atoms with Crippen LogP contribution in [0.4, 0.5) is 0 Å². The molecule has 1 aromatic carbocycles. The number of piperidine rings is 1. The summed E-state index contributed by atoms with van der Waals surface area (Å²) in [7, 11) is 3.73. The smallest absolute Gasteiger partial charge is 0.227 e. The molecular formula is C19H26N2O2. The second-order valence-corrected chi connectivity index (χ2v) is 7.17. The van der Waals surface area contributed by atoms with E-state index >= 15 is 0 Å². The van der Waals surface area contributed by atoms with Crippen molar-refractivity contribution in [1.82, 2.24) is 9.80 Å². The maximum Gasteiger partial charge on any atom is 0.227 e. The zero-order valence-electron chi connectivity index (χ0n) is 14.3. The van der Waals surface area contributed by atoms with Crippen LogP contribution >= 0.6 is 0 Å². The molecule has 0 spiro atoms. The average molecular weight is 314 g/mol. The predicted octanol–water partition coefficient (Wildman–Crippen LogP) is 2.77. The molecule has 1 saturated carbocycles. The molecule has 1 heterocycles. The Morgan fingerprint density at radius 3 is 2.48 bits per heavy atom. The Labute approximate surface area is 138 Å². The van der Waals surface area contributed by atoms with Crippen molar-refractivity contribution < 1.29 is 9.59 Å². The van der Waals surface area contributed by atoms with Gasteiger partial charge in [0.15, 0.2) is 0 Å². The van der Waals surface area contributed by atoms with E-state index in [0.717, 1.165) is 12.1 Å². The zero-order chi connectivity index (χ0) is 16.6. The van der Waals surface area contributed by atoms with Gasteiger partial charge in [0.2, 0.25) is 11.8 Å². The summed E-state index contributed by atoms with van der Waals surface area (Å²) in [6.45, 7) is 2.90. The third kappa shape index (κ3) is 3.41. The minimum atomic E-state index is -0.147. The number of benzene rings is 1. The van der Waals surface area contributed by atoms with Crippen LogP contribution in [0, 0.1) is 18.8 Å². The third-order valence-electron chi connectivity index (χ3n) is 5.20. The molecule has 0 aromatic heterocycles. The molecule has 2 fully saturated rings. The lowest BCUT2D eigenvalue weighted by atomic mass is 9.83. The molecular weight excluding hydrogens is 288 g/mol. The Balaban J connectivity index is 1.84. The Morgan fingerprint density at radius 2 is 1.87 bits per heavy atom. The van der Waals surface area contributed by atoms with Crippen molar-refractivity contribution >= 4 is 11.8 Å². The van der Waals surface area contributed by atoms with Crippen LogP contribution in [0.5, 0.6) is 0 Å². The van der Waals surface area contributed by atoms with E-state index in [-0.39, 0.29) is 23.8 Å². The standard InChI is InChI=1S/C19H26N2O2/c1-13-4-8-15(9-5-13)18-16(10-11-17(22)21(18)3)19(23)20(2)12-14-6-7-14/h4-5,8-9,14,16,18H,6-7,10-12H2,1-3H3. The predicted molar refractivity (Wildman–Crippen MR) is 89.8 cm³/mol. The minimum absolute atomic E-state index is 0.129. The van der Waals surface area contributed by atoms with Gasteiger partial charge in [0.1, 0.15) is 0 Å². The number of carbonyl (C=O) groups excluding carboxylic acids is 2. The van der Waals surface area contributed by atoms with Crippen molar-refractivity contribution in [3.63, 3.8) is 0 Å². The second kappa shape index (κ2) is 6.34. The van der Waals surface area contributed by atoms with Crippen LogP contribution in [0.1, 0.15) is 42.9 Å². The first-order valence-electron chi connectivity index (χ1n) is 8.54. The van der Waals surface area contributed by atoms with Crippen LogP contribution in [0.25, 0.3) is 0 Å². The highest BCUT2D eigenvalue weighted by Crippen LogP contribution is 2.37. The molecule has 1 aromatic rings. The summed E-state index contributed by atoms with van der Waals surface area (Å²) < 4.78 is 0. The molecule has 1 aliphatic carbocycles. The van der Waals surface area contributed by atoms with Gasteiger partial charge in [-0.3, -0.25) is 9.59 Å². The Morgan fingerprint density at radius 1 is 1.22 bits per heavy atom. The second-order valence-electron chi connectivity index (χ2n) is 7.17. The van der Waals surface area contributed by atoms with Gasteiger partial charge in [0, 0.05) is 27.1 Å². The Hall–Kier alpha value is -1.84. The quantitative estimate of drug-likeness (QED) is 0.857. The van der Waals surface area contributed by atoms with Gasteiger partial charge in [-0.2, -0.15) is 0 Å². The molecule has 2 atom stereocenters. The van der Waals surface area contributed by atoms with E-state index in [1.54, 1.807) is 4.90 Å². The van der Waals surface area contributed by atoms with Gasteiger partial charge in [-0.15, -0.1) is 0 Å². The molecule has 2 unspecified atom stereocenters.